The average molecular weight is 184 g/mol. The summed E-state index contributed by atoms with van der Waals surface area (Å²) in [5.41, 5.74) is 1.08. The van der Waals surface area contributed by atoms with E-state index in [0.29, 0.717) is 5.03 Å². The first-order valence-electron chi connectivity index (χ1n) is 3.63. The molecule has 1 unspecified atom stereocenters. The molecule has 0 aliphatic carbocycles. The van der Waals surface area contributed by atoms with Crippen molar-refractivity contribution in [3.8, 4) is 0 Å². The molecular weight excluding hydrogens is 172 g/mol. The number of aryl methyl sites for hydroxylation is 1. The lowest BCUT2D eigenvalue weighted by molar-refractivity contribution is 0.516. The van der Waals surface area contributed by atoms with E-state index in [1.54, 1.807) is 30.7 Å². The molecule has 66 valence electrons. The van der Waals surface area contributed by atoms with Gasteiger partial charge in [-0.3, -0.25) is 0 Å². The van der Waals surface area contributed by atoms with Crippen LogP contribution in [0.5, 0.6) is 0 Å². The van der Waals surface area contributed by atoms with E-state index in [2.05, 4.69) is 4.98 Å². The van der Waals surface area contributed by atoms with Gasteiger partial charge in [0.15, 0.2) is 0 Å². The highest BCUT2D eigenvalue weighted by Crippen LogP contribution is 2.09. The molecule has 0 radical (unpaired) electrons. The Labute approximate surface area is 75.7 Å². The van der Waals surface area contributed by atoms with Crippen LogP contribution in [-0.2, 0) is 11.4 Å². The van der Waals surface area contributed by atoms with Gasteiger partial charge in [0.1, 0.15) is 11.4 Å². The van der Waals surface area contributed by atoms with Gasteiger partial charge in [0.25, 0.3) is 5.03 Å². The van der Waals surface area contributed by atoms with E-state index in [9.17, 15) is 4.55 Å². The second kappa shape index (κ2) is 3.89. The number of nitrogens with zero attached hydrogens (tertiary/aromatic N) is 2. The van der Waals surface area contributed by atoms with Crippen LogP contribution in [-0.4, -0.2) is 27.9 Å². The van der Waals surface area contributed by atoms with Crippen LogP contribution in [0.15, 0.2) is 23.4 Å². The Bertz CT molecular complexity index is 248. The van der Waals surface area contributed by atoms with E-state index in [0.717, 1.165) is 5.56 Å². The first kappa shape index (κ1) is 9.51. The zero-order valence-electron chi connectivity index (χ0n) is 7.44. The molecule has 0 aromatic carbocycles. The number of rotatable bonds is 2. The van der Waals surface area contributed by atoms with Gasteiger partial charge in [-0.05, 0) is 12.5 Å². The largest absolute Gasteiger partial charge is 0.592 e. The first-order chi connectivity index (χ1) is 5.61. The van der Waals surface area contributed by atoms with Crippen molar-refractivity contribution in [3.63, 3.8) is 0 Å². The molecule has 1 aromatic heterocycles. The summed E-state index contributed by atoms with van der Waals surface area (Å²) in [6, 6.07) is 3.69. The van der Waals surface area contributed by atoms with Gasteiger partial charge in [0, 0.05) is 26.4 Å². The zero-order chi connectivity index (χ0) is 9.14. The fourth-order valence-electron chi connectivity index (χ4n) is 0.745. The summed E-state index contributed by atoms with van der Waals surface area (Å²) in [5.74, 6) is 0. The minimum absolute atomic E-state index is 0.602. The van der Waals surface area contributed by atoms with Gasteiger partial charge >= 0.3 is 0 Å². The number of pyridine rings is 1. The summed E-state index contributed by atoms with van der Waals surface area (Å²) < 4.78 is 13.1. The monoisotopic (exact) mass is 184 g/mol. The molecule has 0 saturated heterocycles. The maximum absolute atomic E-state index is 11.4. The topological polar surface area (TPSA) is 39.2 Å². The summed E-state index contributed by atoms with van der Waals surface area (Å²) in [6.07, 6.45) is 1.72. The van der Waals surface area contributed by atoms with E-state index in [-0.39, 0.29) is 0 Å². The van der Waals surface area contributed by atoms with E-state index in [4.69, 9.17) is 0 Å². The fourth-order valence-corrected chi connectivity index (χ4v) is 1.45. The molecule has 1 rings (SSSR count). The van der Waals surface area contributed by atoms with Gasteiger partial charge in [0.05, 0.1) is 0 Å². The summed E-state index contributed by atoms with van der Waals surface area (Å²) in [5, 5.41) is 0.602. The molecule has 1 atom stereocenters. The molecule has 0 saturated carbocycles. The summed E-state index contributed by atoms with van der Waals surface area (Å²) in [4.78, 5) is 4.06. The van der Waals surface area contributed by atoms with Crippen molar-refractivity contribution in [2.75, 3.05) is 14.1 Å². The van der Waals surface area contributed by atoms with Crippen LogP contribution < -0.4 is 0 Å². The molecule has 1 aromatic rings. The quantitative estimate of drug-likeness (QED) is 0.643. The number of aromatic nitrogens is 1. The lowest BCUT2D eigenvalue weighted by Crippen LogP contribution is -2.23. The third-order valence-corrected chi connectivity index (χ3v) is 2.66. The zero-order valence-corrected chi connectivity index (χ0v) is 8.26. The van der Waals surface area contributed by atoms with Crippen molar-refractivity contribution in [3.05, 3.63) is 23.9 Å². The number of hydrogen-bond donors (Lipinski definition) is 0. The Balaban J connectivity index is 2.82. The van der Waals surface area contributed by atoms with Gasteiger partial charge in [-0.2, -0.15) is 0 Å². The minimum Gasteiger partial charge on any atom is -0.592 e. The van der Waals surface area contributed by atoms with Gasteiger partial charge in [0.2, 0.25) is 0 Å². The molecule has 0 fully saturated rings. The van der Waals surface area contributed by atoms with E-state index in [1.165, 1.54) is 0 Å². The molecule has 0 amide bonds. The molecule has 3 nitrogen and oxygen atoms in total. The molecule has 4 heteroatoms. The summed E-state index contributed by atoms with van der Waals surface area (Å²) in [7, 11) is 3.52. The lowest BCUT2D eigenvalue weighted by Gasteiger charge is -2.13. The van der Waals surface area contributed by atoms with Gasteiger partial charge in [-0.1, -0.05) is 6.07 Å². The molecule has 0 bridgehead atoms. The standard InChI is InChI=1S/C8H12N2OS/c1-7-4-5-8(9-6-7)12(11)10(2)3/h4-6H,1-3H3. The Morgan fingerprint density at radius 3 is 2.50 bits per heavy atom. The molecule has 12 heavy (non-hydrogen) atoms. The molecule has 0 aliphatic rings. The average Bonchev–Trinajstić information content (AvgIpc) is 2.04. The molecule has 1 heterocycles. The van der Waals surface area contributed by atoms with Crippen LogP contribution in [0.1, 0.15) is 5.56 Å². The van der Waals surface area contributed by atoms with Crippen LogP contribution >= 0.6 is 0 Å². The Morgan fingerprint density at radius 1 is 1.42 bits per heavy atom. The summed E-state index contributed by atoms with van der Waals surface area (Å²) in [6.45, 7) is 1.95. The van der Waals surface area contributed by atoms with Gasteiger partial charge < -0.3 is 4.55 Å². The maximum atomic E-state index is 11.4. The normalized spacial score (nSPS) is 13.4. The highest BCUT2D eigenvalue weighted by Gasteiger charge is 2.14. The van der Waals surface area contributed by atoms with Crippen LogP contribution in [0, 0.1) is 6.92 Å². The van der Waals surface area contributed by atoms with Crippen molar-refractivity contribution in [1.82, 2.24) is 9.29 Å². The highest BCUT2D eigenvalue weighted by molar-refractivity contribution is 7.89. The predicted octanol–water partition coefficient (Wildman–Crippen LogP) is 0.974. The van der Waals surface area contributed by atoms with Crippen LogP contribution in [0.25, 0.3) is 0 Å². The third kappa shape index (κ3) is 2.20. The van der Waals surface area contributed by atoms with E-state index >= 15 is 0 Å². The second-order valence-electron chi connectivity index (χ2n) is 2.74. The van der Waals surface area contributed by atoms with Gasteiger partial charge in [-0.25, -0.2) is 4.98 Å². The first-order valence-corrected chi connectivity index (χ1v) is 4.74. The maximum Gasteiger partial charge on any atom is 0.265 e. The third-order valence-electron chi connectivity index (χ3n) is 1.39. The van der Waals surface area contributed by atoms with E-state index < -0.39 is 11.4 Å². The van der Waals surface area contributed by atoms with Crippen LogP contribution in [0.2, 0.25) is 0 Å². The van der Waals surface area contributed by atoms with Crippen molar-refractivity contribution in [2.24, 2.45) is 0 Å². The Kier molecular flexibility index (Phi) is 3.08. The SMILES string of the molecule is Cc1ccc([S+]([O-])N(C)C)nc1. The smallest absolute Gasteiger partial charge is 0.265 e. The second-order valence-corrected chi connectivity index (χ2v) is 4.38. The summed E-state index contributed by atoms with van der Waals surface area (Å²) >= 11 is -1.12. The molecule has 0 aliphatic heterocycles. The Morgan fingerprint density at radius 2 is 2.08 bits per heavy atom. The molecule has 0 N–H and O–H groups in total. The number of hydrogen-bond acceptors (Lipinski definition) is 3. The van der Waals surface area contributed by atoms with Crippen LogP contribution in [0.4, 0.5) is 0 Å². The fraction of sp³-hybridized carbons (Fsp3) is 0.375. The van der Waals surface area contributed by atoms with Crippen molar-refractivity contribution < 1.29 is 4.55 Å². The van der Waals surface area contributed by atoms with Crippen LogP contribution in [0.3, 0.4) is 0 Å². The van der Waals surface area contributed by atoms with Crippen molar-refractivity contribution in [2.45, 2.75) is 11.9 Å². The lowest BCUT2D eigenvalue weighted by atomic mass is 10.3. The van der Waals surface area contributed by atoms with Crippen molar-refractivity contribution in [1.29, 1.82) is 0 Å². The minimum atomic E-state index is -1.12. The van der Waals surface area contributed by atoms with Gasteiger partial charge in [-0.15, -0.1) is 4.31 Å². The van der Waals surface area contributed by atoms with E-state index in [1.807, 2.05) is 13.0 Å². The molecule has 0 spiro atoms. The predicted molar refractivity (Wildman–Crippen MR) is 49.1 cm³/mol. The van der Waals surface area contributed by atoms with Crippen molar-refractivity contribution >= 4 is 11.4 Å². The molecular formula is C8H12N2OS. The Hall–Kier alpha value is -0.580. The highest BCUT2D eigenvalue weighted by atomic mass is 32.2.